The van der Waals surface area contributed by atoms with Crippen LogP contribution in [0, 0.1) is 12.3 Å². The third kappa shape index (κ3) is 1.55. The van der Waals surface area contributed by atoms with Crippen LogP contribution in [0.1, 0.15) is 16.2 Å². The number of nitrogens with two attached hydrogens (primary N) is 1. The quantitative estimate of drug-likeness (QED) is 0.370. The number of rotatable bonds is 3. The van der Waals surface area contributed by atoms with Gasteiger partial charge in [-0.3, -0.25) is 4.79 Å². The van der Waals surface area contributed by atoms with Crippen LogP contribution >= 0.6 is 0 Å². The molecule has 5 heteroatoms. The van der Waals surface area contributed by atoms with Crippen molar-refractivity contribution in [2.24, 2.45) is 5.73 Å². The molecule has 1 aromatic rings. The lowest BCUT2D eigenvalue weighted by atomic mass is 10.1. The average Bonchev–Trinajstić information content (AvgIpc) is 2.44. The SMILES string of the molecule is [B]c1nc(C(N)=O)c(C#C)n1CC=C. The highest BCUT2D eigenvalue weighted by Crippen LogP contribution is 2.03. The molecule has 2 N–H and O–H groups in total. The van der Waals surface area contributed by atoms with E-state index < -0.39 is 5.91 Å². The molecule has 1 amide bonds. The van der Waals surface area contributed by atoms with Crippen molar-refractivity contribution in [1.82, 2.24) is 9.55 Å². The van der Waals surface area contributed by atoms with E-state index in [0.717, 1.165) is 0 Å². The van der Waals surface area contributed by atoms with E-state index in [4.69, 9.17) is 20.0 Å². The van der Waals surface area contributed by atoms with Gasteiger partial charge in [-0.2, -0.15) is 0 Å². The number of carbonyl (C=O) groups excluding carboxylic acids is 1. The third-order valence-corrected chi connectivity index (χ3v) is 1.68. The van der Waals surface area contributed by atoms with E-state index in [2.05, 4.69) is 17.5 Å². The van der Waals surface area contributed by atoms with Crippen LogP contribution in [0.5, 0.6) is 0 Å². The van der Waals surface area contributed by atoms with Crippen LogP contribution in [-0.2, 0) is 6.54 Å². The number of aromatic nitrogens is 2. The Hall–Kier alpha value is -1.96. The second kappa shape index (κ2) is 3.84. The van der Waals surface area contributed by atoms with Crippen LogP contribution in [0.2, 0.25) is 0 Å². The lowest BCUT2D eigenvalue weighted by Gasteiger charge is -2.02. The molecule has 0 unspecified atom stereocenters. The highest BCUT2D eigenvalue weighted by molar-refractivity contribution is 6.29. The molecule has 1 heterocycles. The van der Waals surface area contributed by atoms with Crippen LogP contribution in [0.25, 0.3) is 0 Å². The Kier molecular flexibility index (Phi) is 2.77. The van der Waals surface area contributed by atoms with Crippen molar-refractivity contribution in [3.05, 3.63) is 24.0 Å². The number of hydrogen-bond donors (Lipinski definition) is 1. The molecule has 4 nitrogen and oxygen atoms in total. The Balaban J connectivity index is 3.36. The van der Waals surface area contributed by atoms with Crippen molar-refractivity contribution in [3.63, 3.8) is 0 Å². The number of primary amides is 1. The molecule has 1 rings (SSSR count). The molecule has 0 fully saturated rings. The molecule has 14 heavy (non-hydrogen) atoms. The van der Waals surface area contributed by atoms with Gasteiger partial charge in [0.2, 0.25) is 0 Å². The maximum absolute atomic E-state index is 10.9. The Morgan fingerprint density at radius 3 is 2.93 bits per heavy atom. The normalized spacial score (nSPS) is 9.36. The molecule has 68 valence electrons. The standard InChI is InChI=1S/C9H8BN3O/c1-3-5-13-6(4-2)7(8(11)14)12-9(13)10/h2-3H,1,5H2,(H2,11,14). The van der Waals surface area contributed by atoms with E-state index >= 15 is 0 Å². The Bertz CT molecular complexity index is 428. The van der Waals surface area contributed by atoms with Gasteiger partial charge in [0, 0.05) is 6.54 Å². The first-order valence-electron chi connectivity index (χ1n) is 3.85. The van der Waals surface area contributed by atoms with Crippen LogP contribution < -0.4 is 11.5 Å². The number of allylic oxidation sites excluding steroid dienone is 1. The minimum atomic E-state index is -0.688. The second-order valence-corrected chi connectivity index (χ2v) is 2.58. The molecular formula is C9H8BN3O. The highest BCUT2D eigenvalue weighted by atomic mass is 16.1. The smallest absolute Gasteiger partial charge is 0.270 e. The fourth-order valence-corrected chi connectivity index (χ4v) is 1.10. The molecular weight excluding hydrogens is 177 g/mol. The first kappa shape index (κ1) is 10.1. The molecule has 0 saturated heterocycles. The van der Waals surface area contributed by atoms with Gasteiger partial charge in [-0.1, -0.05) is 6.08 Å². The lowest BCUT2D eigenvalue weighted by molar-refractivity contribution is 0.0996. The lowest BCUT2D eigenvalue weighted by Crippen LogP contribution is -2.19. The summed E-state index contributed by atoms with van der Waals surface area (Å²) in [6.45, 7) is 3.93. The number of amides is 1. The third-order valence-electron chi connectivity index (χ3n) is 1.68. The zero-order chi connectivity index (χ0) is 10.7. The zero-order valence-electron chi connectivity index (χ0n) is 7.53. The van der Waals surface area contributed by atoms with Gasteiger partial charge >= 0.3 is 0 Å². The van der Waals surface area contributed by atoms with E-state index in [1.165, 1.54) is 4.57 Å². The van der Waals surface area contributed by atoms with Crippen LogP contribution in [-0.4, -0.2) is 23.3 Å². The summed E-state index contributed by atoms with van der Waals surface area (Å²) < 4.78 is 1.49. The van der Waals surface area contributed by atoms with Crippen LogP contribution in [0.4, 0.5) is 0 Å². The van der Waals surface area contributed by atoms with E-state index in [1.807, 2.05) is 0 Å². The van der Waals surface area contributed by atoms with Crippen LogP contribution in [0.15, 0.2) is 12.7 Å². The predicted octanol–water partition coefficient (Wildman–Crippen LogP) is -1.06. The van der Waals surface area contributed by atoms with Gasteiger partial charge in [0.25, 0.3) is 5.91 Å². The summed E-state index contributed by atoms with van der Waals surface area (Å²) in [7, 11) is 5.54. The first-order chi connectivity index (χ1) is 6.61. The van der Waals surface area contributed by atoms with Crippen molar-refractivity contribution < 1.29 is 4.79 Å². The number of hydrogen-bond acceptors (Lipinski definition) is 2. The van der Waals surface area contributed by atoms with Crippen molar-refractivity contribution >= 4 is 19.5 Å². The largest absolute Gasteiger partial charge is 0.364 e. The Morgan fingerprint density at radius 2 is 2.50 bits per heavy atom. The van der Waals surface area contributed by atoms with E-state index in [9.17, 15) is 4.79 Å². The van der Waals surface area contributed by atoms with Gasteiger partial charge in [-0.25, -0.2) is 4.98 Å². The van der Waals surface area contributed by atoms with Gasteiger partial charge in [-0.15, -0.1) is 13.0 Å². The highest BCUT2D eigenvalue weighted by Gasteiger charge is 2.15. The minimum Gasteiger partial charge on any atom is -0.364 e. The summed E-state index contributed by atoms with van der Waals surface area (Å²) in [5.41, 5.74) is 5.54. The maximum atomic E-state index is 10.9. The predicted molar refractivity (Wildman–Crippen MR) is 54.3 cm³/mol. The molecule has 0 aliphatic carbocycles. The molecule has 0 atom stereocenters. The fraction of sp³-hybridized carbons (Fsp3) is 0.111. The monoisotopic (exact) mass is 185 g/mol. The van der Waals surface area contributed by atoms with Crippen molar-refractivity contribution in [2.45, 2.75) is 6.54 Å². The summed E-state index contributed by atoms with van der Waals surface area (Å²) in [5, 5.41) is 0. The molecule has 0 aliphatic rings. The Morgan fingerprint density at radius 1 is 1.86 bits per heavy atom. The zero-order valence-corrected chi connectivity index (χ0v) is 7.53. The number of nitrogens with zero attached hydrogens (tertiary/aromatic N) is 2. The van der Waals surface area contributed by atoms with E-state index in [1.54, 1.807) is 6.08 Å². The molecule has 2 radical (unpaired) electrons. The summed E-state index contributed by atoms with van der Waals surface area (Å²) in [5.74, 6) is 1.64. The summed E-state index contributed by atoms with van der Waals surface area (Å²) in [4.78, 5) is 14.7. The number of carbonyl (C=O) groups is 1. The Labute approximate surface area is 83.2 Å². The molecule has 0 saturated carbocycles. The van der Waals surface area contributed by atoms with Gasteiger partial charge in [0.1, 0.15) is 5.69 Å². The van der Waals surface area contributed by atoms with Crippen molar-refractivity contribution in [1.29, 1.82) is 0 Å². The van der Waals surface area contributed by atoms with Gasteiger partial charge < -0.3 is 10.3 Å². The van der Waals surface area contributed by atoms with Gasteiger partial charge in [0.05, 0.1) is 5.72 Å². The van der Waals surface area contributed by atoms with Crippen molar-refractivity contribution in [2.75, 3.05) is 0 Å². The minimum absolute atomic E-state index is 0.0202. The number of terminal acetylenes is 1. The van der Waals surface area contributed by atoms with Gasteiger partial charge in [-0.05, 0) is 5.92 Å². The first-order valence-corrected chi connectivity index (χ1v) is 3.85. The topological polar surface area (TPSA) is 60.9 Å². The molecule has 0 spiro atoms. The maximum Gasteiger partial charge on any atom is 0.270 e. The van der Waals surface area contributed by atoms with Gasteiger partial charge in [0.15, 0.2) is 13.5 Å². The average molecular weight is 185 g/mol. The van der Waals surface area contributed by atoms with E-state index in [0.29, 0.717) is 6.54 Å². The van der Waals surface area contributed by atoms with E-state index in [-0.39, 0.29) is 17.1 Å². The molecule has 1 aromatic heterocycles. The summed E-state index contributed by atoms with van der Waals surface area (Å²) in [6.07, 6.45) is 6.83. The summed E-state index contributed by atoms with van der Waals surface area (Å²) >= 11 is 0. The second-order valence-electron chi connectivity index (χ2n) is 2.58. The van der Waals surface area contributed by atoms with Crippen molar-refractivity contribution in [3.8, 4) is 12.3 Å². The fourth-order valence-electron chi connectivity index (χ4n) is 1.10. The number of imidazole rings is 1. The summed E-state index contributed by atoms with van der Waals surface area (Å²) in [6, 6.07) is 0. The molecule has 0 bridgehead atoms. The molecule has 0 aliphatic heterocycles. The molecule has 0 aromatic carbocycles. The van der Waals surface area contributed by atoms with Crippen LogP contribution in [0.3, 0.4) is 0 Å².